The number of carbonyl (C=O) groups excluding carboxylic acids is 1. The van der Waals surface area contributed by atoms with Crippen molar-refractivity contribution in [1.29, 1.82) is 0 Å². The molecule has 0 aliphatic rings. The highest BCUT2D eigenvalue weighted by molar-refractivity contribution is 7.99. The van der Waals surface area contributed by atoms with Crippen molar-refractivity contribution in [1.82, 2.24) is 19.7 Å². The smallest absolute Gasteiger partial charge is 0.366 e. The maximum atomic E-state index is 12.7. The van der Waals surface area contributed by atoms with Gasteiger partial charge in [0.15, 0.2) is 5.16 Å². The first kappa shape index (κ1) is 15.1. The summed E-state index contributed by atoms with van der Waals surface area (Å²) in [5.41, 5.74) is 3.19. The van der Waals surface area contributed by atoms with E-state index in [4.69, 9.17) is 5.73 Å². The first-order valence-electron chi connectivity index (χ1n) is 5.37. The van der Waals surface area contributed by atoms with Gasteiger partial charge in [-0.15, -0.1) is 5.10 Å². The van der Waals surface area contributed by atoms with E-state index in [1.807, 2.05) is 0 Å². The summed E-state index contributed by atoms with van der Waals surface area (Å²) >= 11 is 0.629. The quantitative estimate of drug-likeness (QED) is 0.869. The molecule has 0 atom stereocenters. The molecule has 0 fully saturated rings. The summed E-state index contributed by atoms with van der Waals surface area (Å²) in [6.07, 6.45) is -4.66. The van der Waals surface area contributed by atoms with Crippen LogP contribution in [0, 0.1) is 0 Å². The number of rotatable bonds is 3. The summed E-state index contributed by atoms with van der Waals surface area (Å²) in [4.78, 5) is 25.8. The van der Waals surface area contributed by atoms with Crippen molar-refractivity contribution < 1.29 is 18.0 Å². The van der Waals surface area contributed by atoms with Gasteiger partial charge in [0.25, 0.3) is 5.91 Å². The van der Waals surface area contributed by atoms with Crippen molar-refractivity contribution in [2.24, 2.45) is 12.8 Å². The molecule has 21 heavy (non-hydrogen) atoms. The molecule has 0 spiro atoms. The minimum Gasteiger partial charge on any atom is -0.366 e. The van der Waals surface area contributed by atoms with E-state index in [1.165, 1.54) is 7.05 Å². The molecule has 2 aromatic heterocycles. The van der Waals surface area contributed by atoms with Gasteiger partial charge in [-0.25, -0.2) is 14.9 Å². The van der Waals surface area contributed by atoms with Crippen LogP contribution in [0.4, 0.5) is 13.2 Å². The monoisotopic (exact) mass is 319 g/mol. The van der Waals surface area contributed by atoms with Crippen LogP contribution in [-0.4, -0.2) is 25.7 Å². The van der Waals surface area contributed by atoms with Crippen molar-refractivity contribution in [2.75, 3.05) is 0 Å². The fraction of sp³-hybridized carbons (Fsp3) is 0.200. The molecule has 2 heterocycles. The molecule has 11 heteroatoms. The summed E-state index contributed by atoms with van der Waals surface area (Å²) < 4.78 is 39.0. The second-order valence-electron chi connectivity index (χ2n) is 3.88. The summed E-state index contributed by atoms with van der Waals surface area (Å²) in [5, 5.41) is 5.51. The minimum absolute atomic E-state index is 0.0503. The van der Waals surface area contributed by atoms with Gasteiger partial charge in [-0.2, -0.15) is 13.2 Å². The minimum atomic E-state index is -4.66. The standard InChI is InChI=1S/C10H8F3N5O2S/c1-18-8(20)16-17-9(18)21-7-4(6(14)19)2-3-5(15-7)10(11,12)13/h2-3H,1H3,(H2,14,19)(H,16,20). The molecule has 7 nitrogen and oxygen atoms in total. The average Bonchev–Trinajstić information content (AvgIpc) is 2.69. The molecule has 2 aromatic rings. The fourth-order valence-corrected chi connectivity index (χ4v) is 2.28. The van der Waals surface area contributed by atoms with Crippen molar-refractivity contribution in [2.45, 2.75) is 16.4 Å². The molecular weight excluding hydrogens is 311 g/mol. The summed E-state index contributed by atoms with van der Waals surface area (Å²) in [6.45, 7) is 0. The average molecular weight is 319 g/mol. The second kappa shape index (κ2) is 5.24. The molecule has 0 aliphatic heterocycles. The predicted molar refractivity (Wildman–Crippen MR) is 65.7 cm³/mol. The number of hydrogen-bond donors (Lipinski definition) is 2. The van der Waals surface area contributed by atoms with Gasteiger partial charge < -0.3 is 5.73 Å². The van der Waals surface area contributed by atoms with E-state index in [0.29, 0.717) is 17.8 Å². The number of H-pyrrole nitrogens is 1. The molecule has 0 saturated carbocycles. The molecule has 1 amide bonds. The zero-order chi connectivity index (χ0) is 15.8. The summed E-state index contributed by atoms with van der Waals surface area (Å²) in [5.74, 6) is -0.931. The van der Waals surface area contributed by atoms with Crippen LogP contribution in [-0.2, 0) is 13.2 Å². The molecule has 0 aromatic carbocycles. The van der Waals surface area contributed by atoms with Gasteiger partial charge >= 0.3 is 11.9 Å². The lowest BCUT2D eigenvalue weighted by Crippen LogP contribution is -2.16. The molecule has 0 aliphatic carbocycles. The van der Waals surface area contributed by atoms with Crippen LogP contribution < -0.4 is 11.4 Å². The van der Waals surface area contributed by atoms with Crippen molar-refractivity contribution >= 4 is 17.7 Å². The normalized spacial score (nSPS) is 11.6. The number of carbonyl (C=O) groups is 1. The zero-order valence-electron chi connectivity index (χ0n) is 10.4. The molecule has 0 unspecified atom stereocenters. The maximum absolute atomic E-state index is 12.7. The number of nitrogens with two attached hydrogens (primary N) is 1. The summed E-state index contributed by atoms with van der Waals surface area (Å²) in [7, 11) is 1.37. The lowest BCUT2D eigenvalue weighted by atomic mass is 10.2. The Morgan fingerprint density at radius 3 is 2.57 bits per heavy atom. The number of aromatic nitrogens is 4. The molecule has 0 bridgehead atoms. The lowest BCUT2D eigenvalue weighted by Gasteiger charge is -2.09. The second-order valence-corrected chi connectivity index (χ2v) is 4.84. The Balaban J connectivity index is 2.51. The molecule has 0 radical (unpaired) electrons. The topological polar surface area (TPSA) is 107 Å². The number of nitrogens with zero attached hydrogens (tertiary/aromatic N) is 3. The number of halogens is 3. The SMILES string of the molecule is Cn1c(Sc2nc(C(F)(F)F)ccc2C(N)=O)n[nH]c1=O. The number of pyridine rings is 1. The van der Waals surface area contributed by atoms with Crippen molar-refractivity contribution in [3.05, 3.63) is 33.9 Å². The molecular formula is C10H8F3N5O2S. The molecule has 112 valence electrons. The Bertz CT molecular complexity index is 752. The van der Waals surface area contributed by atoms with Gasteiger partial charge in [-0.3, -0.25) is 9.36 Å². The van der Waals surface area contributed by atoms with Crippen molar-refractivity contribution in [3.8, 4) is 0 Å². The van der Waals surface area contributed by atoms with Crippen LogP contribution >= 0.6 is 11.8 Å². The van der Waals surface area contributed by atoms with E-state index in [0.717, 1.165) is 10.6 Å². The third-order valence-electron chi connectivity index (χ3n) is 2.44. The van der Waals surface area contributed by atoms with Gasteiger partial charge in [-0.1, -0.05) is 0 Å². The van der Waals surface area contributed by atoms with E-state index < -0.39 is 23.5 Å². The number of amides is 1. The predicted octanol–water partition coefficient (Wildman–Crippen LogP) is 0.772. The third kappa shape index (κ3) is 3.07. The fourth-order valence-electron chi connectivity index (χ4n) is 1.37. The van der Waals surface area contributed by atoms with Crippen LogP contribution in [0.1, 0.15) is 16.1 Å². The van der Waals surface area contributed by atoms with Gasteiger partial charge in [0.1, 0.15) is 10.7 Å². The van der Waals surface area contributed by atoms with Gasteiger partial charge in [0, 0.05) is 7.05 Å². The highest BCUT2D eigenvalue weighted by atomic mass is 32.2. The Morgan fingerprint density at radius 1 is 1.43 bits per heavy atom. The van der Waals surface area contributed by atoms with Gasteiger partial charge in [-0.05, 0) is 23.9 Å². The molecule has 0 saturated heterocycles. The Morgan fingerprint density at radius 2 is 2.10 bits per heavy atom. The molecule has 3 N–H and O–H groups in total. The first-order valence-corrected chi connectivity index (χ1v) is 6.19. The largest absolute Gasteiger partial charge is 0.433 e. The number of nitrogens with one attached hydrogen (secondary N) is 1. The lowest BCUT2D eigenvalue weighted by molar-refractivity contribution is -0.141. The van der Waals surface area contributed by atoms with E-state index in [2.05, 4.69) is 15.2 Å². The van der Waals surface area contributed by atoms with Gasteiger partial charge in [0.05, 0.1) is 5.56 Å². The molecule has 2 rings (SSSR count). The van der Waals surface area contributed by atoms with Crippen LogP contribution in [0.25, 0.3) is 0 Å². The maximum Gasteiger partial charge on any atom is 0.433 e. The highest BCUT2D eigenvalue weighted by Gasteiger charge is 2.33. The van der Waals surface area contributed by atoms with E-state index in [9.17, 15) is 22.8 Å². The third-order valence-corrected chi connectivity index (χ3v) is 3.50. The van der Waals surface area contributed by atoms with Crippen LogP contribution in [0.2, 0.25) is 0 Å². The van der Waals surface area contributed by atoms with Crippen molar-refractivity contribution in [3.63, 3.8) is 0 Å². The highest BCUT2D eigenvalue weighted by Crippen LogP contribution is 2.32. The number of alkyl halides is 3. The number of aromatic amines is 1. The van der Waals surface area contributed by atoms with E-state index in [1.54, 1.807) is 0 Å². The Hall–Kier alpha value is -2.30. The number of primary amides is 1. The van der Waals surface area contributed by atoms with E-state index >= 15 is 0 Å². The Kier molecular flexibility index (Phi) is 3.77. The van der Waals surface area contributed by atoms with Gasteiger partial charge in [0.2, 0.25) is 0 Å². The van der Waals surface area contributed by atoms with Crippen LogP contribution in [0.15, 0.2) is 27.1 Å². The van der Waals surface area contributed by atoms with E-state index in [-0.39, 0.29) is 15.7 Å². The first-order chi connectivity index (χ1) is 9.70. The number of hydrogen-bond acceptors (Lipinski definition) is 5. The Labute approximate surface area is 119 Å². The summed E-state index contributed by atoms with van der Waals surface area (Å²) in [6, 6.07) is 1.60. The van der Waals surface area contributed by atoms with Crippen LogP contribution in [0.5, 0.6) is 0 Å². The zero-order valence-corrected chi connectivity index (χ0v) is 11.2. The van der Waals surface area contributed by atoms with Crippen LogP contribution in [0.3, 0.4) is 0 Å².